The molecule has 0 aliphatic rings. The van der Waals surface area contributed by atoms with Crippen molar-refractivity contribution >= 4 is 11.6 Å². The third kappa shape index (κ3) is 3.44. The molecule has 1 aromatic heterocycles. The summed E-state index contributed by atoms with van der Waals surface area (Å²) in [5.41, 5.74) is 5.62. The highest BCUT2D eigenvalue weighted by molar-refractivity contribution is 5.97. The Morgan fingerprint density at radius 1 is 1.61 bits per heavy atom. The molecular formula is C11H20N4O3. The minimum absolute atomic E-state index is 0.0717. The molecular weight excluding hydrogens is 236 g/mol. The first-order valence-corrected chi connectivity index (χ1v) is 5.85. The van der Waals surface area contributed by atoms with Gasteiger partial charge in [0.2, 0.25) is 0 Å². The van der Waals surface area contributed by atoms with E-state index in [9.17, 15) is 9.90 Å². The summed E-state index contributed by atoms with van der Waals surface area (Å²) in [5.74, 6) is -0.472. The zero-order valence-corrected chi connectivity index (χ0v) is 10.7. The van der Waals surface area contributed by atoms with Crippen molar-refractivity contribution in [3.05, 3.63) is 11.4 Å². The molecule has 0 saturated heterocycles. The number of aliphatic hydroxyl groups is 2. The van der Waals surface area contributed by atoms with E-state index in [0.29, 0.717) is 5.69 Å². The third-order valence-corrected chi connectivity index (χ3v) is 2.57. The predicted molar refractivity (Wildman–Crippen MR) is 67.0 cm³/mol. The van der Waals surface area contributed by atoms with Crippen molar-refractivity contribution < 1.29 is 15.0 Å². The summed E-state index contributed by atoms with van der Waals surface area (Å²) in [6, 6.07) is 0. The van der Waals surface area contributed by atoms with Gasteiger partial charge in [0.25, 0.3) is 5.91 Å². The number of hydrogen-bond acceptors (Lipinski definition) is 5. The average Bonchev–Trinajstić information content (AvgIpc) is 2.69. The predicted octanol–water partition coefficient (Wildman–Crippen LogP) is -0.582. The topological polar surface area (TPSA) is 124 Å². The molecule has 1 unspecified atom stereocenters. The number of rotatable bonds is 6. The molecule has 102 valence electrons. The fraction of sp³-hybridized carbons (Fsp3) is 0.636. The van der Waals surface area contributed by atoms with Crippen molar-refractivity contribution in [2.45, 2.75) is 32.3 Å². The van der Waals surface area contributed by atoms with Crippen LogP contribution in [0.2, 0.25) is 0 Å². The summed E-state index contributed by atoms with van der Waals surface area (Å²) in [4.78, 5) is 11.8. The molecule has 1 atom stereocenters. The van der Waals surface area contributed by atoms with Gasteiger partial charge in [-0.2, -0.15) is 5.10 Å². The maximum absolute atomic E-state index is 11.8. The first-order valence-electron chi connectivity index (χ1n) is 5.85. The number of carbonyl (C=O) groups is 1. The number of nitrogens with one attached hydrogen (secondary N) is 2. The highest BCUT2D eigenvalue weighted by Crippen LogP contribution is 2.15. The van der Waals surface area contributed by atoms with E-state index in [4.69, 9.17) is 10.8 Å². The largest absolute Gasteiger partial charge is 0.395 e. The number of aliphatic hydroxyl groups excluding tert-OH is 1. The van der Waals surface area contributed by atoms with Crippen LogP contribution in [-0.2, 0) is 6.42 Å². The molecule has 1 aromatic rings. The van der Waals surface area contributed by atoms with Gasteiger partial charge in [-0.1, -0.05) is 13.3 Å². The number of aryl methyl sites for hydroxylation is 1. The summed E-state index contributed by atoms with van der Waals surface area (Å²) >= 11 is 0. The first kappa shape index (κ1) is 14.5. The lowest BCUT2D eigenvalue weighted by Gasteiger charge is -2.20. The summed E-state index contributed by atoms with van der Waals surface area (Å²) < 4.78 is 0. The van der Waals surface area contributed by atoms with Crippen LogP contribution in [-0.4, -0.2) is 45.1 Å². The average molecular weight is 256 g/mol. The van der Waals surface area contributed by atoms with Gasteiger partial charge >= 0.3 is 0 Å². The number of nitrogen functional groups attached to an aromatic ring is 1. The van der Waals surface area contributed by atoms with Crippen molar-refractivity contribution in [3.63, 3.8) is 0 Å². The number of amides is 1. The maximum atomic E-state index is 11.8. The van der Waals surface area contributed by atoms with Crippen molar-refractivity contribution in [1.82, 2.24) is 15.5 Å². The summed E-state index contributed by atoms with van der Waals surface area (Å²) in [6.45, 7) is 2.91. The number of aromatic amines is 1. The molecule has 0 fully saturated rings. The molecule has 0 aliphatic heterocycles. The standard InChI is InChI=1S/C11H20N4O3/c1-3-4-7-8(12)9(15-14-7)10(17)13-5-11(2,18)6-16/h16,18H,3-6,12H2,1-2H3,(H,13,17)(H,14,15). The number of nitrogens with zero attached hydrogens (tertiary/aromatic N) is 1. The van der Waals surface area contributed by atoms with E-state index in [1.807, 2.05) is 6.92 Å². The summed E-state index contributed by atoms with van der Waals surface area (Å²) in [6.07, 6.45) is 1.62. The highest BCUT2D eigenvalue weighted by atomic mass is 16.3. The van der Waals surface area contributed by atoms with E-state index in [0.717, 1.165) is 18.5 Å². The molecule has 0 aromatic carbocycles. The molecule has 7 heteroatoms. The number of aromatic nitrogens is 2. The van der Waals surface area contributed by atoms with Crippen LogP contribution in [0.4, 0.5) is 5.69 Å². The van der Waals surface area contributed by atoms with Gasteiger partial charge < -0.3 is 21.3 Å². The van der Waals surface area contributed by atoms with Crippen LogP contribution in [0.3, 0.4) is 0 Å². The molecule has 18 heavy (non-hydrogen) atoms. The van der Waals surface area contributed by atoms with Crippen molar-refractivity contribution in [1.29, 1.82) is 0 Å². The van der Waals surface area contributed by atoms with Gasteiger partial charge in [-0.3, -0.25) is 9.89 Å². The Kier molecular flexibility index (Phi) is 4.69. The molecule has 7 nitrogen and oxygen atoms in total. The van der Waals surface area contributed by atoms with Gasteiger partial charge in [0.1, 0.15) is 5.60 Å². The van der Waals surface area contributed by atoms with Crippen LogP contribution >= 0.6 is 0 Å². The Morgan fingerprint density at radius 2 is 2.28 bits per heavy atom. The van der Waals surface area contributed by atoms with E-state index in [1.54, 1.807) is 0 Å². The lowest BCUT2D eigenvalue weighted by atomic mass is 10.1. The second-order valence-electron chi connectivity index (χ2n) is 4.55. The number of hydrogen-bond donors (Lipinski definition) is 5. The zero-order valence-electron chi connectivity index (χ0n) is 10.7. The number of anilines is 1. The SMILES string of the molecule is CCCc1[nH]nc(C(=O)NCC(C)(O)CO)c1N. The lowest BCUT2D eigenvalue weighted by Crippen LogP contribution is -2.43. The zero-order chi connectivity index (χ0) is 13.8. The van der Waals surface area contributed by atoms with Crippen LogP contribution in [0.15, 0.2) is 0 Å². The monoisotopic (exact) mass is 256 g/mol. The summed E-state index contributed by atoms with van der Waals surface area (Å²) in [5, 5.41) is 27.5. The normalized spacial score (nSPS) is 14.2. The molecule has 1 amide bonds. The Labute approximate surface area is 105 Å². The minimum Gasteiger partial charge on any atom is -0.395 e. The smallest absolute Gasteiger partial charge is 0.274 e. The number of nitrogens with two attached hydrogens (primary N) is 1. The molecule has 0 bridgehead atoms. The van der Waals surface area contributed by atoms with Crippen LogP contribution in [0, 0.1) is 0 Å². The fourth-order valence-electron chi connectivity index (χ4n) is 1.41. The highest BCUT2D eigenvalue weighted by Gasteiger charge is 2.22. The van der Waals surface area contributed by atoms with Crippen LogP contribution in [0.1, 0.15) is 36.5 Å². The Morgan fingerprint density at radius 3 is 2.83 bits per heavy atom. The Balaban J connectivity index is 2.67. The molecule has 0 spiro atoms. The van der Waals surface area contributed by atoms with Crippen LogP contribution in [0.25, 0.3) is 0 Å². The Hall–Kier alpha value is -1.60. The second-order valence-corrected chi connectivity index (χ2v) is 4.55. The van der Waals surface area contributed by atoms with Gasteiger partial charge in [0, 0.05) is 6.54 Å². The van der Waals surface area contributed by atoms with Gasteiger partial charge in [0.05, 0.1) is 18.0 Å². The van der Waals surface area contributed by atoms with Crippen LogP contribution in [0.5, 0.6) is 0 Å². The molecule has 0 radical (unpaired) electrons. The number of carbonyl (C=O) groups excluding carboxylic acids is 1. The first-order chi connectivity index (χ1) is 8.41. The lowest BCUT2D eigenvalue weighted by molar-refractivity contribution is 0.00317. The van der Waals surface area contributed by atoms with Crippen molar-refractivity contribution in [3.8, 4) is 0 Å². The van der Waals surface area contributed by atoms with Gasteiger partial charge in [-0.25, -0.2) is 0 Å². The minimum atomic E-state index is -1.35. The van der Waals surface area contributed by atoms with E-state index < -0.39 is 18.1 Å². The van der Waals surface area contributed by atoms with E-state index in [1.165, 1.54) is 6.92 Å². The van der Waals surface area contributed by atoms with Gasteiger partial charge in [0.15, 0.2) is 5.69 Å². The number of H-pyrrole nitrogens is 1. The van der Waals surface area contributed by atoms with Crippen LogP contribution < -0.4 is 11.1 Å². The molecule has 1 rings (SSSR count). The molecule has 6 N–H and O–H groups in total. The third-order valence-electron chi connectivity index (χ3n) is 2.57. The van der Waals surface area contributed by atoms with Crippen molar-refractivity contribution in [2.75, 3.05) is 18.9 Å². The van der Waals surface area contributed by atoms with Gasteiger partial charge in [-0.15, -0.1) is 0 Å². The maximum Gasteiger partial charge on any atom is 0.274 e. The fourth-order valence-corrected chi connectivity index (χ4v) is 1.41. The molecule has 0 saturated carbocycles. The molecule has 1 heterocycles. The van der Waals surface area contributed by atoms with E-state index >= 15 is 0 Å². The Bertz CT molecular complexity index is 414. The summed E-state index contributed by atoms with van der Waals surface area (Å²) in [7, 11) is 0. The second kappa shape index (κ2) is 5.83. The van der Waals surface area contributed by atoms with E-state index in [2.05, 4.69) is 15.5 Å². The quantitative estimate of drug-likeness (QED) is 0.465. The van der Waals surface area contributed by atoms with E-state index in [-0.39, 0.29) is 12.2 Å². The van der Waals surface area contributed by atoms with Gasteiger partial charge in [-0.05, 0) is 13.3 Å². The van der Waals surface area contributed by atoms with Crippen molar-refractivity contribution in [2.24, 2.45) is 0 Å². The molecule has 0 aliphatic carbocycles.